The first-order valence-electron chi connectivity index (χ1n) is 6.80. The molecule has 0 bridgehead atoms. The molecule has 1 heterocycles. The topological polar surface area (TPSA) is 55.9 Å². The predicted octanol–water partition coefficient (Wildman–Crippen LogP) is 2.79. The molecule has 0 radical (unpaired) electrons. The molecule has 0 amide bonds. The monoisotopic (exact) mass is 270 g/mol. The highest BCUT2D eigenvalue weighted by Gasteiger charge is 2.30. The largest absolute Gasteiger partial charge is 0.271 e. The van der Waals surface area contributed by atoms with E-state index in [-0.39, 0.29) is 6.04 Å². The second-order valence-corrected chi connectivity index (χ2v) is 5.74. The maximum absolute atomic E-state index is 6.21. The molecule has 0 spiro atoms. The Morgan fingerprint density at radius 2 is 2.17 bits per heavy atom. The van der Waals surface area contributed by atoms with E-state index in [1.807, 2.05) is 11.7 Å². The summed E-state index contributed by atoms with van der Waals surface area (Å²) in [4.78, 5) is 0. The van der Waals surface area contributed by atoms with E-state index in [2.05, 4.69) is 17.4 Å². The predicted molar refractivity (Wildman–Crippen MR) is 74.0 cm³/mol. The van der Waals surface area contributed by atoms with Crippen LogP contribution in [-0.4, -0.2) is 9.78 Å². The molecule has 1 saturated carbocycles. The van der Waals surface area contributed by atoms with Crippen LogP contribution in [0.4, 0.5) is 0 Å². The van der Waals surface area contributed by atoms with Gasteiger partial charge in [-0.25, -0.2) is 0 Å². The molecule has 1 aliphatic carbocycles. The maximum atomic E-state index is 6.21. The summed E-state index contributed by atoms with van der Waals surface area (Å²) in [6.45, 7) is 2.28. The molecule has 102 valence electrons. The van der Waals surface area contributed by atoms with Crippen molar-refractivity contribution in [1.29, 1.82) is 0 Å². The minimum absolute atomic E-state index is 0.114. The smallest absolute Gasteiger partial charge is 0.0834 e. The van der Waals surface area contributed by atoms with Gasteiger partial charge in [0.2, 0.25) is 0 Å². The van der Waals surface area contributed by atoms with Crippen molar-refractivity contribution in [3.63, 3.8) is 0 Å². The van der Waals surface area contributed by atoms with Crippen LogP contribution in [0, 0.1) is 11.8 Å². The lowest BCUT2D eigenvalue weighted by molar-refractivity contribution is 0.214. The second-order valence-electron chi connectivity index (χ2n) is 5.33. The van der Waals surface area contributed by atoms with Crippen LogP contribution in [0.3, 0.4) is 0 Å². The highest BCUT2D eigenvalue weighted by molar-refractivity contribution is 6.31. The fourth-order valence-electron chi connectivity index (χ4n) is 3.14. The van der Waals surface area contributed by atoms with E-state index < -0.39 is 0 Å². The maximum Gasteiger partial charge on any atom is 0.0834 e. The van der Waals surface area contributed by atoms with Gasteiger partial charge < -0.3 is 0 Å². The van der Waals surface area contributed by atoms with E-state index >= 15 is 0 Å². The van der Waals surface area contributed by atoms with Crippen LogP contribution < -0.4 is 11.3 Å². The molecule has 4 nitrogen and oxygen atoms in total. The van der Waals surface area contributed by atoms with Crippen LogP contribution in [0.2, 0.25) is 5.02 Å². The van der Waals surface area contributed by atoms with Gasteiger partial charge in [0.15, 0.2) is 0 Å². The molecule has 5 heteroatoms. The molecule has 1 fully saturated rings. The number of hydrogen-bond acceptors (Lipinski definition) is 3. The fraction of sp³-hybridized carbons (Fsp3) is 0.769. The second kappa shape index (κ2) is 6.04. The highest BCUT2D eigenvalue weighted by Crippen LogP contribution is 2.39. The number of nitrogens with zero attached hydrogens (tertiary/aromatic N) is 2. The first-order chi connectivity index (χ1) is 8.67. The summed E-state index contributed by atoms with van der Waals surface area (Å²) >= 11 is 6.21. The number of halogens is 1. The number of nitrogens with two attached hydrogens (primary N) is 1. The van der Waals surface area contributed by atoms with Gasteiger partial charge in [-0.05, 0) is 24.7 Å². The molecular formula is C13H23ClN4. The lowest BCUT2D eigenvalue weighted by atomic mass is 9.77. The van der Waals surface area contributed by atoms with E-state index in [0.717, 1.165) is 11.6 Å². The molecule has 0 saturated heterocycles. The summed E-state index contributed by atoms with van der Waals surface area (Å²) in [5.74, 6) is 7.20. The molecule has 1 unspecified atom stereocenters. The van der Waals surface area contributed by atoms with Gasteiger partial charge in [0.25, 0.3) is 0 Å². The van der Waals surface area contributed by atoms with Crippen LogP contribution >= 0.6 is 11.6 Å². The van der Waals surface area contributed by atoms with Gasteiger partial charge in [0.05, 0.1) is 23.0 Å². The van der Waals surface area contributed by atoms with Crippen molar-refractivity contribution in [3.8, 4) is 0 Å². The normalized spacial score (nSPS) is 26.2. The van der Waals surface area contributed by atoms with Gasteiger partial charge in [-0.15, -0.1) is 0 Å². The van der Waals surface area contributed by atoms with Gasteiger partial charge in [-0.1, -0.05) is 37.8 Å². The molecule has 0 aliphatic heterocycles. The van der Waals surface area contributed by atoms with Gasteiger partial charge in [0, 0.05) is 7.05 Å². The number of hydrogen-bond donors (Lipinski definition) is 2. The Morgan fingerprint density at radius 1 is 1.50 bits per heavy atom. The van der Waals surface area contributed by atoms with Crippen LogP contribution in [0.5, 0.6) is 0 Å². The number of aryl methyl sites for hydroxylation is 1. The van der Waals surface area contributed by atoms with Crippen molar-refractivity contribution in [1.82, 2.24) is 15.2 Å². The van der Waals surface area contributed by atoms with E-state index in [9.17, 15) is 0 Å². The summed E-state index contributed by atoms with van der Waals surface area (Å²) in [5.41, 5.74) is 3.96. The van der Waals surface area contributed by atoms with Crippen molar-refractivity contribution in [2.24, 2.45) is 24.7 Å². The van der Waals surface area contributed by atoms with Crippen molar-refractivity contribution in [2.45, 2.75) is 45.1 Å². The summed E-state index contributed by atoms with van der Waals surface area (Å²) in [7, 11) is 1.92. The lowest BCUT2D eigenvalue weighted by Gasteiger charge is -2.33. The van der Waals surface area contributed by atoms with Gasteiger partial charge in [-0.2, -0.15) is 5.10 Å². The summed E-state index contributed by atoms with van der Waals surface area (Å²) < 4.78 is 1.83. The summed E-state index contributed by atoms with van der Waals surface area (Å²) in [5, 5.41) is 4.91. The summed E-state index contributed by atoms with van der Waals surface area (Å²) in [6, 6.07) is 0.114. The van der Waals surface area contributed by atoms with Crippen LogP contribution in [0.1, 0.15) is 50.8 Å². The number of aromatic nitrogens is 2. The Morgan fingerprint density at radius 3 is 2.61 bits per heavy atom. The average molecular weight is 271 g/mol. The molecule has 1 aliphatic rings. The van der Waals surface area contributed by atoms with E-state index in [1.54, 1.807) is 6.20 Å². The molecule has 1 atom stereocenters. The molecule has 1 aromatic rings. The molecule has 3 N–H and O–H groups in total. The molecule has 18 heavy (non-hydrogen) atoms. The van der Waals surface area contributed by atoms with Crippen molar-refractivity contribution >= 4 is 11.6 Å². The third-order valence-corrected chi connectivity index (χ3v) is 4.64. The summed E-state index contributed by atoms with van der Waals surface area (Å²) in [6.07, 6.45) is 8.02. The Bertz CT molecular complexity index is 363. The molecule has 2 rings (SSSR count). The van der Waals surface area contributed by atoms with Gasteiger partial charge in [-0.3, -0.25) is 16.0 Å². The number of hydrazine groups is 1. The zero-order valence-electron chi connectivity index (χ0n) is 11.2. The van der Waals surface area contributed by atoms with Crippen LogP contribution in [0.15, 0.2) is 6.20 Å². The van der Waals surface area contributed by atoms with Crippen molar-refractivity contribution in [3.05, 3.63) is 16.9 Å². The highest BCUT2D eigenvalue weighted by atomic mass is 35.5. The third-order valence-electron chi connectivity index (χ3n) is 4.35. The van der Waals surface area contributed by atoms with Gasteiger partial charge >= 0.3 is 0 Å². The van der Waals surface area contributed by atoms with Crippen LogP contribution in [-0.2, 0) is 7.05 Å². The Kier molecular flexibility index (Phi) is 4.65. The third kappa shape index (κ3) is 2.71. The molecule has 0 aromatic carbocycles. The first kappa shape index (κ1) is 13.8. The van der Waals surface area contributed by atoms with Crippen molar-refractivity contribution < 1.29 is 0 Å². The quantitative estimate of drug-likeness (QED) is 0.653. The molecule has 1 aromatic heterocycles. The standard InChI is InChI=1S/C13H23ClN4/c1-3-9-4-6-10(7-5-9)12(17-15)13-11(14)8-16-18(13)2/h8-10,12,17H,3-7,15H2,1-2H3. The molecular weight excluding hydrogens is 248 g/mol. The van der Waals surface area contributed by atoms with Gasteiger partial charge in [0.1, 0.15) is 0 Å². The van der Waals surface area contributed by atoms with E-state index in [4.69, 9.17) is 17.4 Å². The minimum Gasteiger partial charge on any atom is -0.271 e. The first-order valence-corrected chi connectivity index (χ1v) is 7.18. The number of rotatable bonds is 4. The Hall–Kier alpha value is -0.580. The lowest BCUT2D eigenvalue weighted by Crippen LogP contribution is -2.36. The van der Waals surface area contributed by atoms with E-state index in [1.165, 1.54) is 32.1 Å². The zero-order chi connectivity index (χ0) is 13.1. The fourth-order valence-corrected chi connectivity index (χ4v) is 3.42. The van der Waals surface area contributed by atoms with Crippen molar-refractivity contribution in [2.75, 3.05) is 0 Å². The minimum atomic E-state index is 0.114. The SMILES string of the molecule is CCC1CCC(C(NN)c2c(Cl)cnn2C)CC1. The average Bonchev–Trinajstić information content (AvgIpc) is 2.72. The van der Waals surface area contributed by atoms with Crippen LogP contribution in [0.25, 0.3) is 0 Å². The zero-order valence-corrected chi connectivity index (χ0v) is 12.0. The Balaban J connectivity index is 2.10. The van der Waals surface area contributed by atoms with E-state index in [0.29, 0.717) is 10.9 Å². The Labute approximate surface area is 114 Å². The number of nitrogens with one attached hydrogen (secondary N) is 1.